The molecule has 0 saturated heterocycles. The van der Waals surface area contributed by atoms with Crippen LogP contribution in [-0.4, -0.2) is 29.2 Å². The summed E-state index contributed by atoms with van der Waals surface area (Å²) in [4.78, 5) is 4.77. The highest BCUT2D eigenvalue weighted by Crippen LogP contribution is 2.29. The van der Waals surface area contributed by atoms with E-state index >= 15 is 0 Å². The van der Waals surface area contributed by atoms with Crippen LogP contribution in [0.5, 0.6) is 11.5 Å². The third kappa shape index (κ3) is 6.36. The number of rotatable bonds is 11. The molecule has 0 aliphatic rings. The second kappa shape index (κ2) is 11.9. The van der Waals surface area contributed by atoms with E-state index in [9.17, 15) is 0 Å². The molecule has 0 spiro atoms. The number of nitrogens with two attached hydrogens (primary N) is 1. The summed E-state index contributed by atoms with van der Waals surface area (Å²) in [6.45, 7) is 1.30. The fourth-order valence-electron chi connectivity index (χ4n) is 3.38. The van der Waals surface area contributed by atoms with Crippen molar-refractivity contribution in [3.63, 3.8) is 0 Å². The fraction of sp³-hybridized carbons (Fsp3) is 0.185. The Kier molecular flexibility index (Phi) is 8.13. The molecule has 0 radical (unpaired) electrons. The number of amidine groups is 1. The number of unbranched alkanes of at least 4 members (excludes halogenated alkanes) is 2. The molecule has 6 nitrogen and oxygen atoms in total. The molecule has 0 fully saturated rings. The van der Waals surface area contributed by atoms with Gasteiger partial charge in [0.1, 0.15) is 16.5 Å². The van der Waals surface area contributed by atoms with Crippen LogP contribution >= 0.6 is 11.3 Å². The van der Waals surface area contributed by atoms with Crippen LogP contribution in [-0.2, 0) is 0 Å². The van der Waals surface area contributed by atoms with Crippen molar-refractivity contribution in [3.05, 3.63) is 89.8 Å². The second-order valence-electron chi connectivity index (χ2n) is 7.70. The zero-order valence-corrected chi connectivity index (χ0v) is 19.6. The Morgan fingerprint density at radius 1 is 0.794 bits per heavy atom. The van der Waals surface area contributed by atoms with Crippen molar-refractivity contribution in [3.8, 4) is 33.3 Å². The van der Waals surface area contributed by atoms with Gasteiger partial charge < -0.3 is 20.4 Å². The minimum Gasteiger partial charge on any atom is -0.494 e. The van der Waals surface area contributed by atoms with Gasteiger partial charge in [0, 0.05) is 22.1 Å². The van der Waals surface area contributed by atoms with Gasteiger partial charge in [-0.1, -0.05) is 35.5 Å². The Morgan fingerprint density at radius 3 is 2.03 bits per heavy atom. The van der Waals surface area contributed by atoms with E-state index in [1.165, 1.54) is 0 Å². The predicted octanol–water partition coefficient (Wildman–Crippen LogP) is 6.20. The zero-order valence-electron chi connectivity index (χ0n) is 18.8. The van der Waals surface area contributed by atoms with Gasteiger partial charge in [-0.2, -0.15) is 0 Å². The number of hydrogen-bond donors (Lipinski definition) is 2. The smallest absolute Gasteiger partial charge is 0.170 e. The van der Waals surface area contributed by atoms with Gasteiger partial charge in [-0.3, -0.25) is 0 Å². The van der Waals surface area contributed by atoms with Crippen LogP contribution in [0.4, 0.5) is 0 Å². The highest BCUT2D eigenvalue weighted by molar-refractivity contribution is 7.13. The lowest BCUT2D eigenvalue weighted by atomic mass is 10.1. The molecular formula is C27H27N3O3S. The normalized spacial score (nSPS) is 11.4. The van der Waals surface area contributed by atoms with Crippen molar-refractivity contribution in [2.24, 2.45) is 10.9 Å². The number of aromatic nitrogens is 1. The SMILES string of the molecule is N/C(=N\O)c1ccc(OCCCCCOc2ccc(-c3csc(-c4ccccc4)n3)cc2)cc1. The summed E-state index contributed by atoms with van der Waals surface area (Å²) in [6, 6.07) is 25.5. The number of ether oxygens (including phenoxy) is 2. The first-order chi connectivity index (χ1) is 16.7. The van der Waals surface area contributed by atoms with Gasteiger partial charge in [0.05, 0.1) is 18.9 Å². The van der Waals surface area contributed by atoms with Crippen LogP contribution in [0.15, 0.2) is 89.4 Å². The van der Waals surface area contributed by atoms with E-state index in [0.717, 1.165) is 52.6 Å². The predicted molar refractivity (Wildman–Crippen MR) is 137 cm³/mol. The van der Waals surface area contributed by atoms with Crippen molar-refractivity contribution >= 4 is 17.2 Å². The van der Waals surface area contributed by atoms with Gasteiger partial charge in [0.25, 0.3) is 0 Å². The van der Waals surface area contributed by atoms with Crippen molar-refractivity contribution in [1.29, 1.82) is 0 Å². The lowest BCUT2D eigenvalue weighted by Gasteiger charge is -2.08. The maximum atomic E-state index is 8.69. The number of nitrogens with zero attached hydrogens (tertiary/aromatic N) is 2. The van der Waals surface area contributed by atoms with Gasteiger partial charge in [0.2, 0.25) is 0 Å². The van der Waals surface area contributed by atoms with E-state index < -0.39 is 0 Å². The fourth-order valence-corrected chi connectivity index (χ4v) is 4.22. The lowest BCUT2D eigenvalue weighted by molar-refractivity contribution is 0.279. The molecule has 0 unspecified atom stereocenters. The minimum absolute atomic E-state index is 0.0847. The first-order valence-corrected chi connectivity index (χ1v) is 12.1. The maximum Gasteiger partial charge on any atom is 0.170 e. The van der Waals surface area contributed by atoms with Gasteiger partial charge in [0.15, 0.2) is 5.84 Å². The molecule has 7 heteroatoms. The quantitative estimate of drug-likeness (QED) is 0.0890. The van der Waals surface area contributed by atoms with Crippen LogP contribution in [0.2, 0.25) is 0 Å². The Balaban J connectivity index is 1.15. The van der Waals surface area contributed by atoms with Crippen molar-refractivity contribution in [2.45, 2.75) is 19.3 Å². The topological polar surface area (TPSA) is 90.0 Å². The molecule has 1 heterocycles. The van der Waals surface area contributed by atoms with Crippen LogP contribution in [0.3, 0.4) is 0 Å². The number of hydrogen-bond acceptors (Lipinski definition) is 6. The van der Waals surface area contributed by atoms with Crippen molar-refractivity contribution in [2.75, 3.05) is 13.2 Å². The van der Waals surface area contributed by atoms with E-state index in [2.05, 4.69) is 34.8 Å². The zero-order chi connectivity index (χ0) is 23.6. The van der Waals surface area contributed by atoms with E-state index in [1.807, 2.05) is 42.5 Å². The molecule has 0 amide bonds. The van der Waals surface area contributed by atoms with Gasteiger partial charge >= 0.3 is 0 Å². The Morgan fingerprint density at radius 2 is 1.41 bits per heavy atom. The van der Waals surface area contributed by atoms with Crippen LogP contribution in [0.1, 0.15) is 24.8 Å². The average molecular weight is 474 g/mol. The van der Waals surface area contributed by atoms with E-state index in [-0.39, 0.29) is 5.84 Å². The molecule has 4 rings (SSSR count). The highest BCUT2D eigenvalue weighted by atomic mass is 32.1. The lowest BCUT2D eigenvalue weighted by Crippen LogP contribution is -2.12. The second-order valence-corrected chi connectivity index (χ2v) is 8.55. The molecule has 3 N–H and O–H groups in total. The summed E-state index contributed by atoms with van der Waals surface area (Å²) in [5.74, 6) is 1.72. The molecule has 0 atom stereocenters. The Hall–Kier alpha value is -3.84. The number of thiazole rings is 1. The molecule has 0 saturated carbocycles. The molecule has 34 heavy (non-hydrogen) atoms. The summed E-state index contributed by atoms with van der Waals surface area (Å²) < 4.78 is 11.6. The molecule has 1 aromatic heterocycles. The molecular weight excluding hydrogens is 446 g/mol. The first-order valence-electron chi connectivity index (χ1n) is 11.2. The van der Waals surface area contributed by atoms with Gasteiger partial charge in [-0.15, -0.1) is 11.3 Å². The van der Waals surface area contributed by atoms with E-state index in [1.54, 1.807) is 23.5 Å². The number of oxime groups is 1. The standard InChI is InChI=1S/C27H27N3O3S/c28-26(30-31)21-11-15-24(16-12-21)33-18-6-2-5-17-32-23-13-9-20(10-14-23)25-19-34-27(29-25)22-7-3-1-4-8-22/h1,3-4,7-16,19,31H,2,5-6,17-18H2,(H2,28,30). The molecule has 174 valence electrons. The summed E-state index contributed by atoms with van der Waals surface area (Å²) in [5.41, 5.74) is 9.42. The summed E-state index contributed by atoms with van der Waals surface area (Å²) in [7, 11) is 0. The third-order valence-corrected chi connectivity index (χ3v) is 6.15. The van der Waals surface area contributed by atoms with Crippen LogP contribution in [0, 0.1) is 0 Å². The van der Waals surface area contributed by atoms with Crippen molar-refractivity contribution in [1.82, 2.24) is 4.98 Å². The molecule has 0 bridgehead atoms. The maximum absolute atomic E-state index is 8.69. The monoisotopic (exact) mass is 473 g/mol. The van der Waals surface area contributed by atoms with E-state index in [0.29, 0.717) is 18.8 Å². The largest absolute Gasteiger partial charge is 0.494 e. The summed E-state index contributed by atoms with van der Waals surface area (Å²) >= 11 is 1.65. The van der Waals surface area contributed by atoms with E-state index in [4.69, 9.17) is 25.4 Å². The molecule has 0 aliphatic carbocycles. The van der Waals surface area contributed by atoms with Crippen LogP contribution < -0.4 is 15.2 Å². The van der Waals surface area contributed by atoms with Gasteiger partial charge in [-0.25, -0.2) is 4.98 Å². The number of benzene rings is 3. The minimum atomic E-state index is 0.0847. The highest BCUT2D eigenvalue weighted by Gasteiger charge is 2.07. The first kappa shape index (κ1) is 23.3. The molecule has 0 aliphatic heterocycles. The van der Waals surface area contributed by atoms with Crippen molar-refractivity contribution < 1.29 is 14.7 Å². The summed E-state index contributed by atoms with van der Waals surface area (Å²) in [5, 5.41) is 14.8. The summed E-state index contributed by atoms with van der Waals surface area (Å²) in [6.07, 6.45) is 2.92. The Bertz CT molecular complexity index is 1190. The molecule has 3 aromatic carbocycles. The van der Waals surface area contributed by atoms with Crippen LogP contribution in [0.25, 0.3) is 21.8 Å². The average Bonchev–Trinajstić information content (AvgIpc) is 3.39. The molecule has 4 aromatic rings. The third-order valence-electron chi connectivity index (χ3n) is 5.26. The Labute approximate surface area is 203 Å². The van der Waals surface area contributed by atoms with Gasteiger partial charge in [-0.05, 0) is 67.8 Å².